The van der Waals surface area contributed by atoms with Crippen molar-refractivity contribution in [3.63, 3.8) is 0 Å². The van der Waals surface area contributed by atoms with Crippen LogP contribution in [0, 0.1) is 0 Å². The molecule has 2 rings (SSSR count). The molecular weight excluding hydrogens is 314 g/mol. The van der Waals surface area contributed by atoms with Crippen LogP contribution in [0.5, 0.6) is 11.5 Å². The van der Waals surface area contributed by atoms with Gasteiger partial charge in [-0.1, -0.05) is 25.4 Å². The minimum Gasteiger partial charge on any atom is -0.497 e. The Bertz CT molecular complexity index is 664. The van der Waals surface area contributed by atoms with Crippen molar-refractivity contribution in [1.82, 2.24) is 10.2 Å². The van der Waals surface area contributed by atoms with Crippen LogP contribution in [0.15, 0.2) is 24.3 Å². The highest BCUT2D eigenvalue weighted by Crippen LogP contribution is 2.28. The van der Waals surface area contributed by atoms with E-state index in [0.717, 1.165) is 29.0 Å². The molecule has 0 aliphatic carbocycles. The molecule has 1 aromatic heterocycles. The zero-order valence-electron chi connectivity index (χ0n) is 13.9. The Morgan fingerprint density at radius 3 is 2.61 bits per heavy atom. The first kappa shape index (κ1) is 17.3. The van der Waals surface area contributed by atoms with Crippen molar-refractivity contribution in [2.45, 2.75) is 32.7 Å². The first-order valence-corrected chi connectivity index (χ1v) is 7.94. The van der Waals surface area contributed by atoms with E-state index in [1.807, 2.05) is 24.3 Å². The maximum atomic E-state index is 6.13. The van der Waals surface area contributed by atoms with Crippen LogP contribution in [0.1, 0.15) is 37.3 Å². The summed E-state index contributed by atoms with van der Waals surface area (Å²) in [6, 6.07) is 7.68. The lowest BCUT2D eigenvalue weighted by molar-refractivity contribution is 0.391. The molecular formula is C17H22ClN3O2. The van der Waals surface area contributed by atoms with E-state index in [4.69, 9.17) is 21.1 Å². The van der Waals surface area contributed by atoms with E-state index in [1.165, 1.54) is 0 Å². The van der Waals surface area contributed by atoms with Crippen LogP contribution in [0.3, 0.4) is 0 Å². The zero-order valence-corrected chi connectivity index (χ0v) is 14.6. The number of benzene rings is 1. The second kappa shape index (κ2) is 8.02. The van der Waals surface area contributed by atoms with Gasteiger partial charge in [0.05, 0.1) is 14.2 Å². The van der Waals surface area contributed by atoms with Crippen molar-refractivity contribution in [3.05, 3.63) is 40.5 Å². The molecule has 0 amide bonds. The predicted octanol–water partition coefficient (Wildman–Crippen LogP) is 4.27. The van der Waals surface area contributed by atoms with Gasteiger partial charge in [0.1, 0.15) is 17.3 Å². The van der Waals surface area contributed by atoms with Crippen molar-refractivity contribution < 1.29 is 9.47 Å². The predicted molar refractivity (Wildman–Crippen MR) is 92.6 cm³/mol. The van der Waals surface area contributed by atoms with Crippen molar-refractivity contribution >= 4 is 17.4 Å². The fraction of sp³-hybridized carbons (Fsp3) is 0.412. The molecule has 0 aliphatic rings. The summed E-state index contributed by atoms with van der Waals surface area (Å²) in [5, 5.41) is 11.9. The molecule has 0 spiro atoms. The van der Waals surface area contributed by atoms with Gasteiger partial charge >= 0.3 is 0 Å². The van der Waals surface area contributed by atoms with Crippen LogP contribution in [-0.2, 0) is 6.54 Å². The first-order valence-electron chi connectivity index (χ1n) is 7.56. The lowest BCUT2D eigenvalue weighted by atomic mass is 10.0. The molecule has 6 heteroatoms. The number of ether oxygens (including phenoxy) is 2. The summed E-state index contributed by atoms with van der Waals surface area (Å²) in [4.78, 5) is 0. The molecule has 1 aromatic carbocycles. The van der Waals surface area contributed by atoms with Crippen molar-refractivity contribution in [3.8, 4) is 11.5 Å². The third-order valence-corrected chi connectivity index (χ3v) is 4.17. The number of methoxy groups -OCH3 is 2. The van der Waals surface area contributed by atoms with E-state index < -0.39 is 0 Å². The summed E-state index contributed by atoms with van der Waals surface area (Å²) < 4.78 is 10.6. The number of hydrogen-bond acceptors (Lipinski definition) is 5. The van der Waals surface area contributed by atoms with Crippen molar-refractivity contribution in [2.24, 2.45) is 0 Å². The molecule has 0 saturated carbocycles. The minimum absolute atomic E-state index is 0.342. The average Bonchev–Trinajstić information content (AvgIpc) is 2.60. The highest BCUT2D eigenvalue weighted by atomic mass is 35.5. The Morgan fingerprint density at radius 1 is 1.17 bits per heavy atom. The summed E-state index contributed by atoms with van der Waals surface area (Å²) in [6.07, 6.45) is 0.997. The maximum absolute atomic E-state index is 6.13. The van der Waals surface area contributed by atoms with Crippen LogP contribution < -0.4 is 14.8 Å². The third-order valence-electron chi connectivity index (χ3n) is 3.87. The summed E-state index contributed by atoms with van der Waals surface area (Å²) in [7, 11) is 3.27. The molecule has 23 heavy (non-hydrogen) atoms. The van der Waals surface area contributed by atoms with E-state index >= 15 is 0 Å². The quantitative estimate of drug-likeness (QED) is 0.818. The van der Waals surface area contributed by atoms with Gasteiger partial charge in [0.25, 0.3) is 0 Å². The molecule has 0 fully saturated rings. The summed E-state index contributed by atoms with van der Waals surface area (Å²) in [5.74, 6) is 2.56. The molecule has 0 bridgehead atoms. The lowest BCUT2D eigenvalue weighted by Gasteiger charge is -2.14. The van der Waals surface area contributed by atoms with Crippen molar-refractivity contribution in [2.75, 3.05) is 19.5 Å². The second-order valence-corrected chi connectivity index (χ2v) is 5.67. The largest absolute Gasteiger partial charge is 0.497 e. The standard InChI is InChI=1S/C17H22ClN3O2/c1-5-11(2)14-9-16(20-21-17(14)18)19-10-12-6-7-13(22-3)8-15(12)23-4/h6-9,11H,5,10H2,1-4H3,(H,19,20). The number of rotatable bonds is 7. The Kier molecular flexibility index (Phi) is 6.04. The smallest absolute Gasteiger partial charge is 0.155 e. The molecule has 1 unspecified atom stereocenters. The average molecular weight is 336 g/mol. The highest BCUT2D eigenvalue weighted by molar-refractivity contribution is 6.30. The molecule has 2 aromatic rings. The zero-order chi connectivity index (χ0) is 16.8. The Balaban J connectivity index is 2.15. The van der Waals surface area contributed by atoms with Gasteiger partial charge in [0, 0.05) is 18.2 Å². The van der Waals surface area contributed by atoms with Gasteiger partial charge in [-0.3, -0.25) is 0 Å². The highest BCUT2D eigenvalue weighted by Gasteiger charge is 2.12. The lowest BCUT2D eigenvalue weighted by Crippen LogP contribution is -2.06. The second-order valence-electron chi connectivity index (χ2n) is 5.32. The molecule has 1 heterocycles. The number of anilines is 1. The topological polar surface area (TPSA) is 56.3 Å². The molecule has 0 saturated heterocycles. The van der Waals surface area contributed by atoms with Gasteiger partial charge < -0.3 is 14.8 Å². The third kappa shape index (κ3) is 4.26. The number of nitrogens with zero attached hydrogens (tertiary/aromatic N) is 2. The van der Waals surface area contributed by atoms with Gasteiger partial charge in [-0.25, -0.2) is 0 Å². The Morgan fingerprint density at radius 2 is 1.96 bits per heavy atom. The van der Waals surface area contributed by atoms with Gasteiger partial charge in [-0.05, 0) is 36.1 Å². The van der Waals surface area contributed by atoms with Gasteiger partial charge in [-0.15, -0.1) is 10.2 Å². The van der Waals surface area contributed by atoms with E-state index in [-0.39, 0.29) is 0 Å². The van der Waals surface area contributed by atoms with E-state index in [1.54, 1.807) is 14.2 Å². The first-order chi connectivity index (χ1) is 11.1. The van der Waals surface area contributed by atoms with Crippen LogP contribution in [-0.4, -0.2) is 24.4 Å². The van der Waals surface area contributed by atoms with Crippen LogP contribution in [0.25, 0.3) is 0 Å². The maximum Gasteiger partial charge on any atom is 0.155 e. The Hall–Kier alpha value is -2.01. The molecule has 0 aliphatic heterocycles. The SMILES string of the molecule is CCC(C)c1cc(NCc2ccc(OC)cc2OC)nnc1Cl. The van der Waals surface area contributed by atoms with E-state index in [9.17, 15) is 0 Å². The van der Waals surface area contributed by atoms with Gasteiger partial charge in [-0.2, -0.15) is 0 Å². The van der Waals surface area contributed by atoms with E-state index in [0.29, 0.717) is 23.4 Å². The summed E-state index contributed by atoms with van der Waals surface area (Å²) in [5.41, 5.74) is 2.02. The molecule has 1 N–H and O–H groups in total. The number of halogens is 1. The minimum atomic E-state index is 0.342. The van der Waals surface area contributed by atoms with Crippen LogP contribution in [0.4, 0.5) is 5.82 Å². The van der Waals surface area contributed by atoms with Crippen LogP contribution in [0.2, 0.25) is 5.15 Å². The number of nitrogens with one attached hydrogen (secondary N) is 1. The van der Waals surface area contributed by atoms with E-state index in [2.05, 4.69) is 29.4 Å². The monoisotopic (exact) mass is 335 g/mol. The summed E-state index contributed by atoms with van der Waals surface area (Å²) in [6.45, 7) is 4.82. The van der Waals surface area contributed by atoms with Gasteiger partial charge in [0.15, 0.2) is 5.15 Å². The molecule has 0 radical (unpaired) electrons. The van der Waals surface area contributed by atoms with Crippen LogP contribution >= 0.6 is 11.6 Å². The fourth-order valence-corrected chi connectivity index (χ4v) is 2.51. The number of aromatic nitrogens is 2. The molecule has 5 nitrogen and oxygen atoms in total. The molecule has 1 atom stereocenters. The fourth-order valence-electron chi connectivity index (χ4n) is 2.23. The van der Waals surface area contributed by atoms with Crippen molar-refractivity contribution in [1.29, 1.82) is 0 Å². The van der Waals surface area contributed by atoms with Gasteiger partial charge in [0.2, 0.25) is 0 Å². The molecule has 124 valence electrons. The number of hydrogen-bond donors (Lipinski definition) is 1. The Labute approximate surface area is 142 Å². The normalized spacial score (nSPS) is 11.9. The summed E-state index contributed by atoms with van der Waals surface area (Å²) >= 11 is 6.13.